The predicted molar refractivity (Wildman–Crippen MR) is 83.4 cm³/mol. The maximum absolute atomic E-state index is 12.4. The van der Waals surface area contributed by atoms with Crippen molar-refractivity contribution in [3.8, 4) is 0 Å². The van der Waals surface area contributed by atoms with Crippen LogP contribution in [0.25, 0.3) is 0 Å². The van der Waals surface area contributed by atoms with Crippen molar-refractivity contribution in [1.82, 2.24) is 5.32 Å². The molecule has 5 heteroatoms. The highest BCUT2D eigenvalue weighted by molar-refractivity contribution is 5.93. The fraction of sp³-hybridized carbons (Fsp3) is 0.529. The minimum Gasteiger partial charge on any atom is -0.380 e. The molecule has 1 fully saturated rings. The molecular weight excluding hydrogens is 280 g/mol. The summed E-state index contributed by atoms with van der Waals surface area (Å²) in [6, 6.07) is 7.49. The van der Waals surface area contributed by atoms with Gasteiger partial charge < -0.3 is 15.3 Å². The number of para-hydroxylation sites is 1. The lowest BCUT2D eigenvalue weighted by Gasteiger charge is -2.35. The quantitative estimate of drug-likeness (QED) is 0.876. The number of carbonyl (C=O) groups is 2. The Kier molecular flexibility index (Phi) is 3.91. The van der Waals surface area contributed by atoms with Crippen LogP contribution in [0.1, 0.15) is 50.6 Å². The monoisotopic (exact) mass is 302 g/mol. The fourth-order valence-corrected chi connectivity index (χ4v) is 3.52. The predicted octanol–water partition coefficient (Wildman–Crippen LogP) is 1.91. The SMILES string of the molecule is CC(=O)N1CC[C@@H](NC(=O)C2(O)CCCC2)c2ccccc21. The van der Waals surface area contributed by atoms with Crippen molar-refractivity contribution in [2.45, 2.75) is 50.7 Å². The number of anilines is 1. The highest BCUT2D eigenvalue weighted by atomic mass is 16.3. The van der Waals surface area contributed by atoms with Crippen LogP contribution in [0.4, 0.5) is 5.69 Å². The van der Waals surface area contributed by atoms with E-state index in [2.05, 4.69) is 5.32 Å². The molecule has 1 aliphatic heterocycles. The zero-order chi connectivity index (χ0) is 15.7. The number of nitrogens with one attached hydrogen (secondary N) is 1. The second-order valence-electron chi connectivity index (χ2n) is 6.28. The number of aliphatic hydroxyl groups is 1. The van der Waals surface area contributed by atoms with Gasteiger partial charge in [0.25, 0.3) is 5.91 Å². The van der Waals surface area contributed by atoms with Crippen LogP contribution in [0.15, 0.2) is 24.3 Å². The Morgan fingerprint density at radius 1 is 1.27 bits per heavy atom. The highest BCUT2D eigenvalue weighted by Gasteiger charge is 2.40. The molecule has 1 aromatic rings. The Labute approximate surface area is 130 Å². The number of rotatable bonds is 2. The molecule has 1 aromatic carbocycles. The van der Waals surface area contributed by atoms with Crippen LogP contribution in [0.5, 0.6) is 0 Å². The molecule has 0 radical (unpaired) electrons. The van der Waals surface area contributed by atoms with Crippen molar-refractivity contribution in [3.05, 3.63) is 29.8 Å². The average molecular weight is 302 g/mol. The van der Waals surface area contributed by atoms with Gasteiger partial charge in [0.05, 0.1) is 6.04 Å². The van der Waals surface area contributed by atoms with Gasteiger partial charge in [-0.25, -0.2) is 0 Å². The van der Waals surface area contributed by atoms with E-state index in [1.54, 1.807) is 11.8 Å². The van der Waals surface area contributed by atoms with Gasteiger partial charge in [-0.3, -0.25) is 9.59 Å². The highest BCUT2D eigenvalue weighted by Crippen LogP contribution is 2.35. The summed E-state index contributed by atoms with van der Waals surface area (Å²) in [5.41, 5.74) is 0.580. The van der Waals surface area contributed by atoms with E-state index in [0.717, 1.165) is 24.1 Å². The van der Waals surface area contributed by atoms with Crippen molar-refractivity contribution in [1.29, 1.82) is 0 Å². The summed E-state index contributed by atoms with van der Waals surface area (Å²) in [5, 5.41) is 13.4. The first-order chi connectivity index (χ1) is 10.5. The number of nitrogens with zero attached hydrogens (tertiary/aromatic N) is 1. The van der Waals surface area contributed by atoms with Crippen LogP contribution in [0, 0.1) is 0 Å². The molecule has 1 aliphatic carbocycles. The van der Waals surface area contributed by atoms with E-state index >= 15 is 0 Å². The van der Waals surface area contributed by atoms with Gasteiger partial charge in [0, 0.05) is 19.2 Å². The molecule has 1 atom stereocenters. The summed E-state index contributed by atoms with van der Waals surface area (Å²) in [7, 11) is 0. The number of carbonyl (C=O) groups excluding carboxylic acids is 2. The van der Waals surface area contributed by atoms with Gasteiger partial charge in [-0.05, 0) is 43.7 Å². The van der Waals surface area contributed by atoms with Gasteiger partial charge >= 0.3 is 0 Å². The molecule has 5 nitrogen and oxygen atoms in total. The summed E-state index contributed by atoms with van der Waals surface area (Å²) in [4.78, 5) is 25.9. The molecule has 2 N–H and O–H groups in total. The van der Waals surface area contributed by atoms with E-state index in [0.29, 0.717) is 25.8 Å². The molecule has 0 bridgehead atoms. The molecule has 2 aliphatic rings. The van der Waals surface area contributed by atoms with Crippen LogP contribution >= 0.6 is 0 Å². The van der Waals surface area contributed by atoms with Gasteiger partial charge in [0.15, 0.2) is 0 Å². The number of amides is 2. The molecule has 118 valence electrons. The Morgan fingerprint density at radius 2 is 1.95 bits per heavy atom. The smallest absolute Gasteiger partial charge is 0.252 e. The zero-order valence-corrected chi connectivity index (χ0v) is 12.8. The van der Waals surface area contributed by atoms with Crippen molar-refractivity contribution >= 4 is 17.5 Å². The fourth-order valence-electron chi connectivity index (χ4n) is 3.52. The first-order valence-corrected chi connectivity index (χ1v) is 7.92. The number of fused-ring (bicyclic) bond motifs is 1. The number of hydrogen-bond acceptors (Lipinski definition) is 3. The van der Waals surface area contributed by atoms with Gasteiger partial charge in [0.1, 0.15) is 5.60 Å². The zero-order valence-electron chi connectivity index (χ0n) is 12.8. The van der Waals surface area contributed by atoms with E-state index in [1.807, 2.05) is 24.3 Å². The molecule has 3 rings (SSSR count). The molecule has 1 saturated carbocycles. The minimum absolute atomic E-state index is 0.00616. The molecule has 2 amide bonds. The van der Waals surface area contributed by atoms with Crippen molar-refractivity contribution in [3.63, 3.8) is 0 Å². The number of benzene rings is 1. The molecule has 22 heavy (non-hydrogen) atoms. The van der Waals surface area contributed by atoms with E-state index in [9.17, 15) is 14.7 Å². The lowest BCUT2D eigenvalue weighted by Crippen LogP contribution is -2.48. The first-order valence-electron chi connectivity index (χ1n) is 7.92. The summed E-state index contributed by atoms with van der Waals surface area (Å²) < 4.78 is 0. The third kappa shape index (κ3) is 2.61. The minimum atomic E-state index is -1.22. The topological polar surface area (TPSA) is 69.6 Å². The maximum atomic E-state index is 12.4. The second-order valence-corrected chi connectivity index (χ2v) is 6.28. The van der Waals surface area contributed by atoms with E-state index in [-0.39, 0.29) is 17.9 Å². The molecular formula is C17H22N2O3. The van der Waals surface area contributed by atoms with Crippen LogP contribution in [0.3, 0.4) is 0 Å². The van der Waals surface area contributed by atoms with Crippen LogP contribution in [-0.4, -0.2) is 29.1 Å². The van der Waals surface area contributed by atoms with Crippen molar-refractivity contribution in [2.24, 2.45) is 0 Å². The van der Waals surface area contributed by atoms with Gasteiger partial charge in [-0.15, -0.1) is 0 Å². The summed E-state index contributed by atoms with van der Waals surface area (Å²) >= 11 is 0. The normalized spacial score (nSPS) is 23.0. The van der Waals surface area contributed by atoms with Gasteiger partial charge in [-0.1, -0.05) is 18.2 Å². The van der Waals surface area contributed by atoms with E-state index in [4.69, 9.17) is 0 Å². The largest absolute Gasteiger partial charge is 0.380 e. The standard InChI is InChI=1S/C17H22N2O3/c1-12(20)19-11-8-14(13-6-2-3-7-15(13)19)18-16(21)17(22)9-4-5-10-17/h2-3,6-7,14,22H,4-5,8-11H2,1H3,(H,18,21)/t14-/m1/s1. The second kappa shape index (κ2) is 5.72. The van der Waals surface area contributed by atoms with Gasteiger partial charge in [0.2, 0.25) is 5.91 Å². The molecule has 0 aromatic heterocycles. The third-order valence-corrected chi connectivity index (χ3v) is 4.78. The molecule has 1 heterocycles. The summed E-state index contributed by atoms with van der Waals surface area (Å²) in [6.45, 7) is 2.13. The Balaban J connectivity index is 1.82. The van der Waals surface area contributed by atoms with E-state index < -0.39 is 5.60 Å². The first kappa shape index (κ1) is 15.0. The lowest BCUT2D eigenvalue weighted by atomic mass is 9.94. The summed E-state index contributed by atoms with van der Waals surface area (Å²) in [5.74, 6) is -0.271. The van der Waals surface area contributed by atoms with Crippen molar-refractivity contribution < 1.29 is 14.7 Å². The molecule has 0 spiro atoms. The van der Waals surface area contributed by atoms with Crippen LogP contribution in [-0.2, 0) is 9.59 Å². The molecule has 0 saturated heterocycles. The Hall–Kier alpha value is -1.88. The Morgan fingerprint density at radius 3 is 2.64 bits per heavy atom. The van der Waals surface area contributed by atoms with Crippen LogP contribution in [0.2, 0.25) is 0 Å². The van der Waals surface area contributed by atoms with Crippen LogP contribution < -0.4 is 10.2 Å². The van der Waals surface area contributed by atoms with Crippen molar-refractivity contribution in [2.75, 3.05) is 11.4 Å². The lowest BCUT2D eigenvalue weighted by molar-refractivity contribution is -0.140. The van der Waals surface area contributed by atoms with Gasteiger partial charge in [-0.2, -0.15) is 0 Å². The average Bonchev–Trinajstić information content (AvgIpc) is 2.95. The molecule has 0 unspecified atom stereocenters. The van der Waals surface area contributed by atoms with E-state index in [1.165, 1.54) is 0 Å². The Bertz CT molecular complexity index is 593. The summed E-state index contributed by atoms with van der Waals surface area (Å²) in [6.07, 6.45) is 3.52. The maximum Gasteiger partial charge on any atom is 0.252 e. The number of hydrogen-bond donors (Lipinski definition) is 2. The third-order valence-electron chi connectivity index (χ3n) is 4.78.